The molecule has 0 radical (unpaired) electrons. The third-order valence-corrected chi connectivity index (χ3v) is 3.63. The van der Waals surface area contributed by atoms with Crippen molar-refractivity contribution in [2.24, 2.45) is 0 Å². The van der Waals surface area contributed by atoms with E-state index in [1.807, 2.05) is 24.3 Å². The molecule has 3 heteroatoms. The molecule has 20 heavy (non-hydrogen) atoms. The summed E-state index contributed by atoms with van der Waals surface area (Å²) < 4.78 is 5.37. The Balaban J connectivity index is 2.09. The minimum Gasteiger partial charge on any atom is -0.496 e. The average molecular weight is 290 g/mol. The fourth-order valence-corrected chi connectivity index (χ4v) is 2.50. The predicted molar refractivity (Wildman–Crippen MR) is 84.3 cm³/mol. The van der Waals surface area contributed by atoms with Crippen LogP contribution >= 0.6 is 11.6 Å². The van der Waals surface area contributed by atoms with Gasteiger partial charge in [0.05, 0.1) is 7.11 Å². The molecule has 0 aliphatic heterocycles. The first-order chi connectivity index (χ1) is 9.74. The number of methoxy groups -OCH3 is 1. The van der Waals surface area contributed by atoms with Crippen molar-refractivity contribution in [3.63, 3.8) is 0 Å². The van der Waals surface area contributed by atoms with Crippen LogP contribution in [-0.2, 0) is 6.54 Å². The van der Waals surface area contributed by atoms with Crippen LogP contribution in [0.15, 0.2) is 48.5 Å². The van der Waals surface area contributed by atoms with Crippen LogP contribution in [0.25, 0.3) is 0 Å². The minimum atomic E-state index is 0.333. The number of hydrogen-bond acceptors (Lipinski definition) is 2. The fraction of sp³-hybridized carbons (Fsp3) is 0.294. The Hall–Kier alpha value is -1.51. The molecule has 0 amide bonds. The summed E-state index contributed by atoms with van der Waals surface area (Å²) in [5, 5.41) is 4.30. The molecule has 0 bridgehead atoms. The first-order valence-electron chi connectivity index (χ1n) is 6.85. The van der Waals surface area contributed by atoms with Gasteiger partial charge in [0.2, 0.25) is 0 Å². The van der Waals surface area contributed by atoms with Crippen molar-refractivity contribution in [1.29, 1.82) is 0 Å². The first kappa shape index (κ1) is 14.9. The van der Waals surface area contributed by atoms with E-state index in [-0.39, 0.29) is 0 Å². The van der Waals surface area contributed by atoms with E-state index < -0.39 is 0 Å². The molecule has 0 aliphatic rings. The first-order valence-corrected chi connectivity index (χ1v) is 7.23. The van der Waals surface area contributed by atoms with Crippen LogP contribution in [0.4, 0.5) is 0 Å². The molecular weight excluding hydrogens is 270 g/mol. The van der Waals surface area contributed by atoms with E-state index in [4.69, 9.17) is 16.3 Å². The van der Waals surface area contributed by atoms with Crippen molar-refractivity contribution in [3.8, 4) is 5.75 Å². The summed E-state index contributed by atoms with van der Waals surface area (Å²) in [4.78, 5) is 0. The molecular formula is C17H20ClNO. The lowest BCUT2D eigenvalue weighted by Crippen LogP contribution is -2.20. The SMILES string of the molecule is CCC(NCc1cc(Cl)ccc1OC)c1ccccc1. The zero-order valence-corrected chi connectivity index (χ0v) is 12.7. The van der Waals surface area contributed by atoms with Crippen molar-refractivity contribution in [2.45, 2.75) is 25.9 Å². The predicted octanol–water partition coefficient (Wildman–Crippen LogP) is 4.59. The van der Waals surface area contributed by atoms with Gasteiger partial charge in [-0.1, -0.05) is 48.9 Å². The Morgan fingerprint density at radius 1 is 1.15 bits per heavy atom. The van der Waals surface area contributed by atoms with Gasteiger partial charge in [0.25, 0.3) is 0 Å². The maximum atomic E-state index is 6.06. The number of benzene rings is 2. The van der Waals surface area contributed by atoms with Gasteiger partial charge in [0.1, 0.15) is 5.75 Å². The highest BCUT2D eigenvalue weighted by Crippen LogP contribution is 2.24. The molecule has 0 fully saturated rings. The van der Waals surface area contributed by atoms with Crippen LogP contribution in [-0.4, -0.2) is 7.11 Å². The van der Waals surface area contributed by atoms with Crippen molar-refractivity contribution >= 4 is 11.6 Å². The van der Waals surface area contributed by atoms with Crippen LogP contribution in [0, 0.1) is 0 Å². The van der Waals surface area contributed by atoms with E-state index in [9.17, 15) is 0 Å². The number of hydrogen-bond donors (Lipinski definition) is 1. The van der Waals surface area contributed by atoms with E-state index in [1.54, 1.807) is 7.11 Å². The highest BCUT2D eigenvalue weighted by molar-refractivity contribution is 6.30. The van der Waals surface area contributed by atoms with Crippen LogP contribution in [0.3, 0.4) is 0 Å². The van der Waals surface area contributed by atoms with E-state index in [0.717, 1.165) is 29.3 Å². The number of rotatable bonds is 6. The molecule has 1 N–H and O–H groups in total. The van der Waals surface area contributed by atoms with Gasteiger partial charge < -0.3 is 10.1 Å². The summed E-state index contributed by atoms with van der Waals surface area (Å²) in [5.41, 5.74) is 2.38. The van der Waals surface area contributed by atoms with E-state index in [2.05, 4.69) is 36.5 Å². The molecule has 0 saturated carbocycles. The molecule has 2 aromatic carbocycles. The van der Waals surface area contributed by atoms with Gasteiger partial charge >= 0.3 is 0 Å². The summed E-state index contributed by atoms with van der Waals surface area (Å²) >= 11 is 6.06. The van der Waals surface area contributed by atoms with Gasteiger partial charge in [-0.15, -0.1) is 0 Å². The number of halogens is 1. The summed E-state index contributed by atoms with van der Waals surface area (Å²) in [5.74, 6) is 0.866. The Kier molecular flexibility index (Phi) is 5.45. The molecule has 0 spiro atoms. The molecule has 0 heterocycles. The van der Waals surface area contributed by atoms with E-state index in [0.29, 0.717) is 6.04 Å². The Bertz CT molecular complexity index is 542. The van der Waals surface area contributed by atoms with Crippen LogP contribution in [0.2, 0.25) is 5.02 Å². The van der Waals surface area contributed by atoms with Gasteiger partial charge in [-0.05, 0) is 30.2 Å². The topological polar surface area (TPSA) is 21.3 Å². The van der Waals surface area contributed by atoms with E-state index in [1.165, 1.54) is 5.56 Å². The highest BCUT2D eigenvalue weighted by atomic mass is 35.5. The second kappa shape index (κ2) is 7.32. The molecule has 0 aromatic heterocycles. The van der Waals surface area contributed by atoms with Gasteiger partial charge in [0.15, 0.2) is 0 Å². The van der Waals surface area contributed by atoms with Crippen molar-refractivity contribution in [1.82, 2.24) is 5.32 Å². The van der Waals surface area contributed by atoms with Gasteiger partial charge in [0, 0.05) is 23.2 Å². The highest BCUT2D eigenvalue weighted by Gasteiger charge is 2.10. The molecule has 2 rings (SSSR count). The summed E-state index contributed by atoms with van der Waals surface area (Å²) in [6.45, 7) is 2.91. The summed E-state index contributed by atoms with van der Waals surface area (Å²) in [7, 11) is 1.68. The maximum Gasteiger partial charge on any atom is 0.123 e. The largest absolute Gasteiger partial charge is 0.496 e. The smallest absolute Gasteiger partial charge is 0.123 e. The molecule has 0 aliphatic carbocycles. The summed E-state index contributed by atoms with van der Waals surface area (Å²) in [6, 6.07) is 16.5. The lowest BCUT2D eigenvalue weighted by molar-refractivity contribution is 0.404. The van der Waals surface area contributed by atoms with Crippen LogP contribution in [0.1, 0.15) is 30.5 Å². The second-order valence-corrected chi connectivity index (χ2v) is 5.15. The lowest BCUT2D eigenvalue weighted by atomic mass is 10.0. The average Bonchev–Trinajstić information content (AvgIpc) is 2.49. The molecule has 0 saturated heterocycles. The lowest BCUT2D eigenvalue weighted by Gasteiger charge is -2.18. The Morgan fingerprint density at radius 2 is 1.90 bits per heavy atom. The quantitative estimate of drug-likeness (QED) is 0.840. The van der Waals surface area contributed by atoms with Gasteiger partial charge in [-0.3, -0.25) is 0 Å². The standard InChI is InChI=1S/C17H20ClNO/c1-3-16(13-7-5-4-6-8-13)19-12-14-11-15(18)9-10-17(14)20-2/h4-11,16,19H,3,12H2,1-2H3. The van der Waals surface area contributed by atoms with Crippen LogP contribution < -0.4 is 10.1 Å². The van der Waals surface area contributed by atoms with E-state index >= 15 is 0 Å². The normalized spacial score (nSPS) is 12.2. The van der Waals surface area contributed by atoms with Gasteiger partial charge in [-0.25, -0.2) is 0 Å². The zero-order valence-electron chi connectivity index (χ0n) is 11.9. The molecule has 1 unspecified atom stereocenters. The third-order valence-electron chi connectivity index (χ3n) is 3.39. The summed E-state index contributed by atoms with van der Waals surface area (Å²) in [6.07, 6.45) is 1.03. The van der Waals surface area contributed by atoms with Gasteiger partial charge in [-0.2, -0.15) is 0 Å². The van der Waals surface area contributed by atoms with Crippen molar-refractivity contribution in [2.75, 3.05) is 7.11 Å². The number of nitrogens with one attached hydrogen (secondary N) is 1. The monoisotopic (exact) mass is 289 g/mol. The second-order valence-electron chi connectivity index (χ2n) is 4.71. The van der Waals surface area contributed by atoms with Crippen molar-refractivity contribution in [3.05, 3.63) is 64.7 Å². The molecule has 2 nitrogen and oxygen atoms in total. The maximum absolute atomic E-state index is 6.06. The third kappa shape index (κ3) is 3.75. The fourth-order valence-electron chi connectivity index (χ4n) is 2.30. The van der Waals surface area contributed by atoms with Crippen molar-refractivity contribution < 1.29 is 4.74 Å². The molecule has 106 valence electrons. The Morgan fingerprint density at radius 3 is 2.55 bits per heavy atom. The van der Waals surface area contributed by atoms with Crippen LogP contribution in [0.5, 0.6) is 5.75 Å². The molecule has 1 atom stereocenters. The number of ether oxygens (including phenoxy) is 1. The zero-order chi connectivity index (χ0) is 14.4. The Labute approximate surface area is 125 Å². The minimum absolute atomic E-state index is 0.333. The molecule has 2 aromatic rings.